The zero-order valence-corrected chi connectivity index (χ0v) is 13.3. The highest BCUT2D eigenvalue weighted by molar-refractivity contribution is 5.78. The average Bonchev–Trinajstić information content (AvgIpc) is 2.93. The van der Waals surface area contributed by atoms with Gasteiger partial charge in [-0.15, -0.1) is 0 Å². The van der Waals surface area contributed by atoms with Gasteiger partial charge < -0.3 is 14.7 Å². The molecule has 0 radical (unpaired) electrons. The first kappa shape index (κ1) is 18.0. The van der Waals surface area contributed by atoms with Crippen molar-refractivity contribution in [3.63, 3.8) is 0 Å². The van der Waals surface area contributed by atoms with Crippen molar-refractivity contribution in [1.82, 2.24) is 4.90 Å². The molecule has 21 heavy (non-hydrogen) atoms. The van der Waals surface area contributed by atoms with Crippen LogP contribution < -0.4 is 0 Å². The molecule has 1 rings (SSSR count). The third kappa shape index (κ3) is 5.65. The fourth-order valence-corrected chi connectivity index (χ4v) is 2.88. The van der Waals surface area contributed by atoms with E-state index in [1.165, 1.54) is 25.7 Å². The zero-order chi connectivity index (χ0) is 15.7. The number of likely N-dealkylation sites (N-methyl/N-ethyl adjacent to an activating group) is 1. The monoisotopic (exact) mass is 299 g/mol. The largest absolute Gasteiger partial charge is 0.481 e. The number of unbranched alkanes of at least 4 members (excludes halogenated alkanes) is 5. The molecule has 0 bridgehead atoms. The van der Waals surface area contributed by atoms with Gasteiger partial charge in [-0.2, -0.15) is 0 Å². The van der Waals surface area contributed by atoms with Gasteiger partial charge >= 0.3 is 5.97 Å². The van der Waals surface area contributed by atoms with Crippen molar-refractivity contribution in [1.29, 1.82) is 0 Å². The highest BCUT2D eigenvalue weighted by Crippen LogP contribution is 2.21. The van der Waals surface area contributed by atoms with Crippen molar-refractivity contribution >= 4 is 11.9 Å². The maximum Gasteiger partial charge on any atom is 0.311 e. The Morgan fingerprint density at radius 2 is 1.76 bits per heavy atom. The summed E-state index contributed by atoms with van der Waals surface area (Å²) in [5.74, 6) is -1.39. The number of hydrogen-bond acceptors (Lipinski definition) is 3. The van der Waals surface area contributed by atoms with E-state index in [9.17, 15) is 14.7 Å². The van der Waals surface area contributed by atoms with E-state index in [0.29, 0.717) is 19.6 Å². The summed E-state index contributed by atoms with van der Waals surface area (Å²) >= 11 is 0. The smallest absolute Gasteiger partial charge is 0.311 e. The van der Waals surface area contributed by atoms with Crippen LogP contribution in [0.2, 0.25) is 0 Å². The summed E-state index contributed by atoms with van der Waals surface area (Å²) < 4.78 is 5.26. The van der Waals surface area contributed by atoms with E-state index in [2.05, 4.69) is 6.92 Å². The second kappa shape index (κ2) is 9.77. The number of carbonyl (C=O) groups is 2. The van der Waals surface area contributed by atoms with Crippen molar-refractivity contribution in [2.45, 2.75) is 64.8 Å². The van der Waals surface area contributed by atoms with E-state index >= 15 is 0 Å². The Morgan fingerprint density at radius 3 is 2.38 bits per heavy atom. The number of amides is 1. The van der Waals surface area contributed by atoms with Gasteiger partial charge in [-0.05, 0) is 13.3 Å². The van der Waals surface area contributed by atoms with Crippen molar-refractivity contribution in [3.05, 3.63) is 0 Å². The third-order valence-electron chi connectivity index (χ3n) is 4.17. The molecule has 0 saturated carbocycles. The fraction of sp³-hybridized carbons (Fsp3) is 0.875. The lowest BCUT2D eigenvalue weighted by Crippen LogP contribution is -2.46. The number of nitrogens with zero attached hydrogens (tertiary/aromatic N) is 1. The van der Waals surface area contributed by atoms with Gasteiger partial charge in [0.25, 0.3) is 0 Å². The molecule has 1 N–H and O–H groups in total. The first-order valence-electron chi connectivity index (χ1n) is 8.21. The summed E-state index contributed by atoms with van der Waals surface area (Å²) in [5.41, 5.74) is 0. The Morgan fingerprint density at radius 1 is 1.10 bits per heavy atom. The number of carboxylic acids is 1. The van der Waals surface area contributed by atoms with Crippen molar-refractivity contribution < 1.29 is 19.4 Å². The number of carbonyl (C=O) groups excluding carboxylic acids is 1. The number of rotatable bonds is 10. The molecule has 1 fully saturated rings. The van der Waals surface area contributed by atoms with Gasteiger partial charge in [-0.1, -0.05) is 39.0 Å². The van der Waals surface area contributed by atoms with Gasteiger partial charge in [-0.25, -0.2) is 0 Å². The number of ether oxygens (including phenoxy) is 1. The zero-order valence-electron chi connectivity index (χ0n) is 13.3. The summed E-state index contributed by atoms with van der Waals surface area (Å²) in [6.07, 6.45) is 7.38. The second-order valence-electron chi connectivity index (χ2n) is 5.75. The molecule has 0 aliphatic carbocycles. The van der Waals surface area contributed by atoms with Crippen LogP contribution in [0.5, 0.6) is 0 Å². The summed E-state index contributed by atoms with van der Waals surface area (Å²) in [4.78, 5) is 25.2. The van der Waals surface area contributed by atoms with E-state index in [1.54, 1.807) is 4.90 Å². The normalized spacial score (nSPS) is 21.4. The van der Waals surface area contributed by atoms with Crippen LogP contribution in [0, 0.1) is 5.92 Å². The topological polar surface area (TPSA) is 66.8 Å². The first-order valence-corrected chi connectivity index (χ1v) is 8.21. The molecule has 122 valence electrons. The molecular formula is C16H29NO4. The van der Waals surface area contributed by atoms with E-state index in [4.69, 9.17) is 4.74 Å². The highest BCUT2D eigenvalue weighted by atomic mass is 16.5. The number of aliphatic carboxylic acids is 1. The molecule has 1 heterocycles. The minimum absolute atomic E-state index is 0.0646. The molecule has 0 aromatic heterocycles. The molecule has 0 aromatic rings. The Balaban J connectivity index is 2.37. The van der Waals surface area contributed by atoms with Crippen molar-refractivity contribution in [2.75, 3.05) is 19.8 Å². The van der Waals surface area contributed by atoms with Gasteiger partial charge in [-0.3, -0.25) is 9.59 Å². The van der Waals surface area contributed by atoms with Crippen LogP contribution in [0.4, 0.5) is 0 Å². The Hall–Kier alpha value is -1.10. The number of hydrogen-bond donors (Lipinski definition) is 1. The maximum absolute atomic E-state index is 12.3. The highest BCUT2D eigenvalue weighted by Gasteiger charge is 2.39. The number of carboxylic acid groups (broad SMARTS) is 1. The van der Waals surface area contributed by atoms with E-state index in [0.717, 1.165) is 12.8 Å². The van der Waals surface area contributed by atoms with Crippen molar-refractivity contribution in [2.24, 2.45) is 5.92 Å². The van der Waals surface area contributed by atoms with Crippen LogP contribution in [-0.2, 0) is 14.3 Å². The summed E-state index contributed by atoms with van der Waals surface area (Å²) in [7, 11) is 0. The average molecular weight is 299 g/mol. The molecule has 1 aliphatic rings. The van der Waals surface area contributed by atoms with Gasteiger partial charge in [0.2, 0.25) is 5.91 Å². The molecule has 5 heteroatoms. The third-order valence-corrected chi connectivity index (χ3v) is 4.17. The lowest BCUT2D eigenvalue weighted by Gasteiger charge is -2.29. The Labute approximate surface area is 127 Å². The Kier molecular flexibility index (Phi) is 8.35. The minimum atomic E-state index is -0.872. The van der Waals surface area contributed by atoms with Crippen LogP contribution >= 0.6 is 0 Å². The van der Waals surface area contributed by atoms with Crippen LogP contribution in [0.25, 0.3) is 0 Å². The minimum Gasteiger partial charge on any atom is -0.481 e. The molecule has 2 unspecified atom stereocenters. The lowest BCUT2D eigenvalue weighted by atomic mass is 10.0. The molecule has 0 spiro atoms. The van der Waals surface area contributed by atoms with Crippen LogP contribution in [0.1, 0.15) is 58.8 Å². The van der Waals surface area contributed by atoms with Gasteiger partial charge in [0, 0.05) is 13.0 Å². The Bertz CT molecular complexity index is 332. The van der Waals surface area contributed by atoms with Crippen LogP contribution in [-0.4, -0.2) is 47.7 Å². The summed E-state index contributed by atoms with van der Waals surface area (Å²) in [5, 5.41) is 9.19. The first-order chi connectivity index (χ1) is 10.1. The van der Waals surface area contributed by atoms with Crippen LogP contribution in [0.15, 0.2) is 0 Å². The SMILES string of the molecule is CCCCCCCCC(=O)N(CC)C1COCC1C(=O)O. The van der Waals surface area contributed by atoms with Gasteiger partial charge in [0.05, 0.1) is 19.3 Å². The fourth-order valence-electron chi connectivity index (χ4n) is 2.88. The molecule has 1 saturated heterocycles. The lowest BCUT2D eigenvalue weighted by molar-refractivity contribution is -0.145. The van der Waals surface area contributed by atoms with Crippen molar-refractivity contribution in [3.8, 4) is 0 Å². The maximum atomic E-state index is 12.3. The second-order valence-corrected chi connectivity index (χ2v) is 5.75. The standard InChI is InChI=1S/C16H29NO4/c1-3-5-6-7-8-9-10-15(18)17(4-2)14-12-21-11-13(14)16(19)20/h13-14H,3-12H2,1-2H3,(H,19,20). The molecule has 1 amide bonds. The molecule has 2 atom stereocenters. The van der Waals surface area contributed by atoms with E-state index in [1.807, 2.05) is 6.92 Å². The predicted molar refractivity (Wildman–Crippen MR) is 81.1 cm³/mol. The van der Waals surface area contributed by atoms with Crippen LogP contribution in [0.3, 0.4) is 0 Å². The quantitative estimate of drug-likeness (QED) is 0.630. The summed E-state index contributed by atoms with van der Waals surface area (Å²) in [6, 6.07) is -0.305. The molecule has 1 aliphatic heterocycles. The predicted octanol–water partition coefficient (Wildman–Crippen LogP) is 2.69. The van der Waals surface area contributed by atoms with E-state index < -0.39 is 11.9 Å². The molecular weight excluding hydrogens is 270 g/mol. The molecule has 5 nitrogen and oxygen atoms in total. The van der Waals surface area contributed by atoms with E-state index in [-0.39, 0.29) is 18.6 Å². The van der Waals surface area contributed by atoms with Gasteiger partial charge in [0.1, 0.15) is 5.92 Å². The summed E-state index contributed by atoms with van der Waals surface area (Å²) in [6.45, 7) is 5.18. The van der Waals surface area contributed by atoms with Gasteiger partial charge in [0.15, 0.2) is 0 Å². The molecule has 0 aromatic carbocycles.